The van der Waals surface area contributed by atoms with Gasteiger partial charge in [0.2, 0.25) is 0 Å². The number of benzene rings is 1. The zero-order valence-electron chi connectivity index (χ0n) is 20.2. The topological polar surface area (TPSA) is 74.2 Å². The Balaban J connectivity index is 1.44. The van der Waals surface area contributed by atoms with Gasteiger partial charge in [0, 0.05) is 48.4 Å². The van der Waals surface area contributed by atoms with Crippen LogP contribution in [0, 0.1) is 11.8 Å². The third-order valence-electron chi connectivity index (χ3n) is 8.08. The van der Waals surface area contributed by atoms with Gasteiger partial charge < -0.3 is 10.6 Å². The van der Waals surface area contributed by atoms with Gasteiger partial charge in [0.25, 0.3) is 5.56 Å². The van der Waals surface area contributed by atoms with Gasteiger partial charge in [-0.15, -0.1) is 0 Å². The minimum absolute atomic E-state index is 0.0123. The molecule has 6 atom stereocenters. The van der Waals surface area contributed by atoms with E-state index in [1.54, 1.807) is 12.4 Å². The monoisotopic (exact) mass is 484 g/mol. The van der Waals surface area contributed by atoms with Crippen LogP contribution in [0.15, 0.2) is 41.5 Å². The molecule has 4 heterocycles. The molecule has 8 heteroatoms. The van der Waals surface area contributed by atoms with Crippen LogP contribution in [-0.4, -0.2) is 59.4 Å². The Morgan fingerprint density at radius 3 is 2.79 bits per heavy atom. The number of fused-ring (bicyclic) bond motifs is 4. The van der Waals surface area contributed by atoms with Crippen molar-refractivity contribution in [1.29, 1.82) is 0 Å². The van der Waals surface area contributed by atoms with Crippen LogP contribution in [0.1, 0.15) is 45.1 Å². The van der Waals surface area contributed by atoms with Crippen LogP contribution in [0.3, 0.4) is 0 Å². The smallest absolute Gasteiger partial charge is 0.254 e. The van der Waals surface area contributed by atoms with E-state index in [4.69, 9.17) is 11.6 Å². The number of aromatic nitrogens is 2. The van der Waals surface area contributed by atoms with E-state index < -0.39 is 0 Å². The average Bonchev–Trinajstić information content (AvgIpc) is 3.20. The molecule has 0 aliphatic carbocycles. The van der Waals surface area contributed by atoms with Gasteiger partial charge in [-0.05, 0) is 62.7 Å². The van der Waals surface area contributed by atoms with E-state index in [2.05, 4.69) is 40.0 Å². The van der Waals surface area contributed by atoms with Crippen molar-refractivity contribution in [3.8, 4) is 11.3 Å². The van der Waals surface area contributed by atoms with Gasteiger partial charge in [-0.3, -0.25) is 14.8 Å². The molecule has 4 unspecified atom stereocenters. The van der Waals surface area contributed by atoms with Gasteiger partial charge in [0.1, 0.15) is 0 Å². The van der Waals surface area contributed by atoms with Gasteiger partial charge in [-0.1, -0.05) is 37.1 Å². The Bertz CT molecular complexity index is 1040. The summed E-state index contributed by atoms with van der Waals surface area (Å²) in [5, 5.41) is 10.6. The molecule has 3 aliphatic heterocycles. The summed E-state index contributed by atoms with van der Waals surface area (Å²) in [6.45, 7) is 5.36. The maximum atomic E-state index is 13.4. The Morgan fingerprint density at radius 1 is 1.09 bits per heavy atom. The molecule has 1 aromatic carbocycles. The molecule has 3 saturated heterocycles. The van der Waals surface area contributed by atoms with Crippen molar-refractivity contribution < 1.29 is 0 Å². The van der Waals surface area contributed by atoms with Crippen LogP contribution in [0.2, 0.25) is 5.02 Å². The maximum absolute atomic E-state index is 13.4. The Hall–Kier alpha value is -1.77. The van der Waals surface area contributed by atoms with E-state index in [0.717, 1.165) is 57.3 Å². The molecular formula is C26H37ClN6O. The average molecular weight is 485 g/mol. The summed E-state index contributed by atoms with van der Waals surface area (Å²) in [4.78, 5) is 18.1. The quantitative estimate of drug-likeness (QED) is 0.608. The predicted molar refractivity (Wildman–Crippen MR) is 137 cm³/mol. The van der Waals surface area contributed by atoms with Gasteiger partial charge in [-0.25, -0.2) is 9.99 Å². The second-order valence-electron chi connectivity index (χ2n) is 10.5. The van der Waals surface area contributed by atoms with E-state index in [-0.39, 0.29) is 17.6 Å². The largest absolute Gasteiger partial charge is 0.312 e. The normalized spacial score (nSPS) is 33.0. The van der Waals surface area contributed by atoms with Gasteiger partial charge in [0.05, 0.1) is 18.1 Å². The number of nitrogens with one attached hydrogen (secondary N) is 3. The zero-order chi connectivity index (χ0) is 23.7. The standard InChI is InChI=1S/C26H37ClN6O/c1-17-5-3-8-24(33-16-30-21(13-25(33)34)18-6-4-7-20(27)11-18)22-12-19(9-10-28-22)26-23(29-14-17)15-31-32(26)2/h4,6-7,11,13,16-17,19,22-24,26,28-29,31H,3,5,8-10,12,14-15H2,1-2H3/t17-,19?,22?,23?,24+,26?/m1/s1. The molecule has 2 aromatic rings. The van der Waals surface area contributed by atoms with E-state index in [9.17, 15) is 4.79 Å². The molecule has 34 heavy (non-hydrogen) atoms. The van der Waals surface area contributed by atoms with Gasteiger partial charge in [-0.2, -0.15) is 0 Å². The summed E-state index contributed by atoms with van der Waals surface area (Å²) < 4.78 is 1.89. The molecule has 1 aromatic heterocycles. The molecular weight excluding hydrogens is 448 g/mol. The molecule has 184 valence electrons. The molecule has 5 rings (SSSR count). The lowest BCUT2D eigenvalue weighted by molar-refractivity contribution is 0.108. The Kier molecular flexibility index (Phi) is 7.37. The zero-order valence-corrected chi connectivity index (χ0v) is 21.0. The summed E-state index contributed by atoms with van der Waals surface area (Å²) >= 11 is 6.16. The lowest BCUT2D eigenvalue weighted by Gasteiger charge is -2.42. The highest BCUT2D eigenvalue weighted by Gasteiger charge is 2.41. The van der Waals surface area contributed by atoms with Crippen molar-refractivity contribution in [2.45, 2.75) is 63.2 Å². The lowest BCUT2D eigenvalue weighted by Crippen LogP contribution is -2.54. The number of halogens is 1. The van der Waals surface area contributed by atoms with Gasteiger partial charge in [0.15, 0.2) is 0 Å². The summed E-state index contributed by atoms with van der Waals surface area (Å²) in [5.74, 6) is 1.19. The molecule has 3 fully saturated rings. The molecule has 3 aliphatic rings. The van der Waals surface area contributed by atoms with E-state index in [0.29, 0.717) is 34.6 Å². The summed E-state index contributed by atoms with van der Waals surface area (Å²) in [7, 11) is 2.18. The number of likely N-dealkylation sites (N-methyl/N-ethyl adjacent to an activating group) is 1. The molecule has 0 amide bonds. The lowest BCUT2D eigenvalue weighted by atomic mass is 9.80. The van der Waals surface area contributed by atoms with Crippen LogP contribution >= 0.6 is 11.6 Å². The third-order valence-corrected chi connectivity index (χ3v) is 8.32. The maximum Gasteiger partial charge on any atom is 0.254 e. The van der Waals surface area contributed by atoms with Gasteiger partial charge >= 0.3 is 0 Å². The number of hydrogen-bond donors (Lipinski definition) is 3. The van der Waals surface area contributed by atoms with Crippen molar-refractivity contribution in [3.63, 3.8) is 0 Å². The van der Waals surface area contributed by atoms with E-state index in [1.807, 2.05) is 28.8 Å². The first-order valence-corrected chi connectivity index (χ1v) is 13.1. The summed E-state index contributed by atoms with van der Waals surface area (Å²) in [6.07, 6.45) is 7.23. The molecule has 0 spiro atoms. The van der Waals surface area contributed by atoms with Crippen LogP contribution in [0.25, 0.3) is 11.3 Å². The van der Waals surface area contributed by atoms with Crippen molar-refractivity contribution in [1.82, 2.24) is 30.6 Å². The molecule has 7 nitrogen and oxygen atoms in total. The fourth-order valence-corrected chi connectivity index (χ4v) is 6.48. The number of hydrazine groups is 1. The fourth-order valence-electron chi connectivity index (χ4n) is 6.29. The van der Waals surface area contributed by atoms with Crippen LogP contribution in [0.4, 0.5) is 0 Å². The fraction of sp³-hybridized carbons (Fsp3) is 0.615. The highest BCUT2D eigenvalue weighted by atomic mass is 35.5. The highest BCUT2D eigenvalue weighted by molar-refractivity contribution is 6.30. The molecule has 0 saturated carbocycles. The first-order valence-electron chi connectivity index (χ1n) is 12.8. The van der Waals surface area contributed by atoms with Crippen LogP contribution < -0.4 is 21.6 Å². The minimum atomic E-state index is 0.0123. The van der Waals surface area contributed by atoms with Crippen LogP contribution in [-0.2, 0) is 0 Å². The Morgan fingerprint density at radius 2 is 1.97 bits per heavy atom. The Labute approximate surface area is 207 Å². The van der Waals surface area contributed by atoms with Crippen molar-refractivity contribution in [2.75, 3.05) is 26.7 Å². The highest BCUT2D eigenvalue weighted by Crippen LogP contribution is 2.33. The summed E-state index contributed by atoms with van der Waals surface area (Å²) in [6, 6.07) is 10.5. The number of nitrogens with zero attached hydrogens (tertiary/aromatic N) is 3. The third kappa shape index (κ3) is 5.09. The van der Waals surface area contributed by atoms with E-state index in [1.165, 1.54) is 0 Å². The van der Waals surface area contributed by atoms with Crippen molar-refractivity contribution in [2.24, 2.45) is 11.8 Å². The second-order valence-corrected chi connectivity index (χ2v) is 10.9. The first kappa shape index (κ1) is 23.9. The van der Waals surface area contributed by atoms with Crippen molar-refractivity contribution in [3.05, 3.63) is 52.0 Å². The number of hydrogen-bond acceptors (Lipinski definition) is 6. The minimum Gasteiger partial charge on any atom is -0.312 e. The summed E-state index contributed by atoms with van der Waals surface area (Å²) in [5.41, 5.74) is 5.12. The second kappa shape index (κ2) is 10.5. The van der Waals surface area contributed by atoms with Crippen molar-refractivity contribution >= 4 is 11.6 Å². The number of rotatable bonds is 2. The molecule has 2 bridgehead atoms. The number of piperidine rings is 1. The SMILES string of the molecule is C[C@@H]1CCC[C@H](n2cnc(-c3cccc(Cl)c3)cc2=O)C2CC(CCN2)C2C(CNN2C)NC1. The predicted octanol–water partition coefficient (Wildman–Crippen LogP) is 3.07. The van der Waals surface area contributed by atoms with Crippen LogP contribution in [0.5, 0.6) is 0 Å². The van der Waals surface area contributed by atoms with E-state index >= 15 is 0 Å². The molecule has 3 N–H and O–H groups in total. The first-order chi connectivity index (χ1) is 16.5. The molecule has 0 radical (unpaired) electrons.